The van der Waals surface area contributed by atoms with Gasteiger partial charge in [0, 0.05) is 12.1 Å². The number of ketones is 1. The number of Topliss-reactive ketones (excluding diaryl/α,β-unsaturated/α-hetero) is 1. The molecule has 0 fully saturated rings. The van der Waals surface area contributed by atoms with Gasteiger partial charge in [-0.25, -0.2) is 0 Å². The predicted octanol–water partition coefficient (Wildman–Crippen LogP) is 2.16. The van der Waals surface area contributed by atoms with Gasteiger partial charge in [-0.1, -0.05) is 30.3 Å². The van der Waals surface area contributed by atoms with E-state index in [1.165, 1.54) is 0 Å². The Morgan fingerprint density at radius 1 is 1.21 bits per heavy atom. The lowest BCUT2D eigenvalue weighted by atomic mass is 9.96. The molecule has 19 heavy (non-hydrogen) atoms. The second kappa shape index (κ2) is 5.92. The summed E-state index contributed by atoms with van der Waals surface area (Å²) < 4.78 is 1.79. The molecular formula is C16H15N2O+. The number of benzene rings is 1. The molecule has 94 valence electrons. The van der Waals surface area contributed by atoms with Gasteiger partial charge in [0.25, 0.3) is 0 Å². The van der Waals surface area contributed by atoms with Gasteiger partial charge < -0.3 is 0 Å². The van der Waals surface area contributed by atoms with Crippen LogP contribution in [0.1, 0.15) is 17.0 Å². The first kappa shape index (κ1) is 13.0. The van der Waals surface area contributed by atoms with Gasteiger partial charge in [0.05, 0.1) is 6.07 Å². The van der Waals surface area contributed by atoms with Crippen LogP contribution >= 0.6 is 0 Å². The number of pyridine rings is 1. The molecule has 0 spiro atoms. The van der Waals surface area contributed by atoms with Crippen LogP contribution in [0, 0.1) is 18.3 Å². The highest BCUT2D eigenvalue weighted by Gasteiger charge is 2.23. The molecule has 0 N–H and O–H groups in total. The van der Waals surface area contributed by atoms with Gasteiger partial charge in [0.1, 0.15) is 5.92 Å². The maximum atomic E-state index is 12.2. The van der Waals surface area contributed by atoms with Crippen LogP contribution in [-0.4, -0.2) is 5.78 Å². The van der Waals surface area contributed by atoms with Crippen LogP contribution < -0.4 is 4.57 Å². The molecule has 0 saturated heterocycles. The van der Waals surface area contributed by atoms with Crippen LogP contribution in [0.2, 0.25) is 0 Å². The average Bonchev–Trinajstić information content (AvgIpc) is 2.43. The fourth-order valence-electron chi connectivity index (χ4n) is 1.89. The van der Waals surface area contributed by atoms with Crippen molar-refractivity contribution in [2.45, 2.75) is 19.4 Å². The zero-order valence-electron chi connectivity index (χ0n) is 10.8. The topological polar surface area (TPSA) is 44.7 Å². The van der Waals surface area contributed by atoms with E-state index in [1.807, 2.05) is 61.8 Å². The predicted molar refractivity (Wildman–Crippen MR) is 71.2 cm³/mol. The first-order valence-electron chi connectivity index (χ1n) is 6.13. The molecular weight excluding hydrogens is 236 g/mol. The summed E-state index contributed by atoms with van der Waals surface area (Å²) in [5.41, 5.74) is 1.89. The van der Waals surface area contributed by atoms with Crippen LogP contribution in [0.5, 0.6) is 0 Å². The SMILES string of the molecule is Cc1cc[n+](CC(=O)C(C#N)c2ccccc2)cc1. The van der Waals surface area contributed by atoms with Gasteiger partial charge >= 0.3 is 0 Å². The summed E-state index contributed by atoms with van der Waals surface area (Å²) in [6.07, 6.45) is 3.71. The molecule has 2 aromatic rings. The lowest BCUT2D eigenvalue weighted by Crippen LogP contribution is -2.38. The first-order chi connectivity index (χ1) is 9.20. The Morgan fingerprint density at radius 2 is 1.84 bits per heavy atom. The standard InChI is InChI=1S/C16H15N2O/c1-13-7-9-18(10-8-13)12-16(19)15(11-17)14-5-3-2-4-6-14/h2-10,15H,12H2,1H3/q+1. The normalized spacial score (nSPS) is 11.6. The zero-order chi connectivity index (χ0) is 13.7. The zero-order valence-corrected chi connectivity index (χ0v) is 10.8. The minimum atomic E-state index is -0.699. The average molecular weight is 251 g/mol. The number of carbonyl (C=O) groups excluding carboxylic acids is 1. The highest BCUT2D eigenvalue weighted by atomic mass is 16.1. The second-order valence-corrected chi connectivity index (χ2v) is 4.49. The molecule has 3 heteroatoms. The van der Waals surface area contributed by atoms with Crippen molar-refractivity contribution in [2.24, 2.45) is 0 Å². The highest BCUT2D eigenvalue weighted by molar-refractivity contribution is 5.87. The van der Waals surface area contributed by atoms with Crippen LogP contribution in [0.15, 0.2) is 54.9 Å². The van der Waals surface area contributed by atoms with E-state index in [0.717, 1.165) is 11.1 Å². The molecule has 0 aliphatic carbocycles. The summed E-state index contributed by atoms with van der Waals surface area (Å²) in [5.74, 6) is -0.794. The van der Waals surface area contributed by atoms with Crippen LogP contribution in [-0.2, 0) is 11.3 Å². The molecule has 0 radical (unpaired) electrons. The number of nitriles is 1. The van der Waals surface area contributed by atoms with E-state index >= 15 is 0 Å². The summed E-state index contributed by atoms with van der Waals surface area (Å²) in [6, 6.07) is 15.1. The fourth-order valence-corrected chi connectivity index (χ4v) is 1.89. The van der Waals surface area contributed by atoms with Crippen molar-refractivity contribution in [3.63, 3.8) is 0 Å². The van der Waals surface area contributed by atoms with Crippen molar-refractivity contribution in [1.82, 2.24) is 0 Å². The van der Waals surface area contributed by atoms with Crippen molar-refractivity contribution < 1.29 is 9.36 Å². The van der Waals surface area contributed by atoms with Crippen LogP contribution in [0.25, 0.3) is 0 Å². The quantitative estimate of drug-likeness (QED) is 0.782. The summed E-state index contributed by atoms with van der Waals surface area (Å²) in [6.45, 7) is 2.21. The molecule has 0 amide bonds. The van der Waals surface area contributed by atoms with E-state index in [-0.39, 0.29) is 12.3 Å². The third kappa shape index (κ3) is 3.26. The molecule has 0 bridgehead atoms. The Bertz CT molecular complexity index is 597. The molecule has 1 atom stereocenters. The monoisotopic (exact) mass is 251 g/mol. The van der Waals surface area contributed by atoms with Gasteiger partial charge in [0.2, 0.25) is 12.3 Å². The molecule has 0 aliphatic heterocycles. The second-order valence-electron chi connectivity index (χ2n) is 4.49. The third-order valence-electron chi connectivity index (χ3n) is 2.98. The Kier molecular flexibility index (Phi) is 4.04. The highest BCUT2D eigenvalue weighted by Crippen LogP contribution is 2.15. The van der Waals surface area contributed by atoms with Crippen LogP contribution in [0.4, 0.5) is 0 Å². The van der Waals surface area contributed by atoms with E-state index in [0.29, 0.717) is 0 Å². The fraction of sp³-hybridized carbons (Fsp3) is 0.188. The molecule has 1 aromatic carbocycles. The summed E-state index contributed by atoms with van der Waals surface area (Å²) in [5, 5.41) is 9.19. The van der Waals surface area contributed by atoms with Crippen molar-refractivity contribution in [3.05, 3.63) is 66.0 Å². The molecule has 0 aliphatic rings. The Morgan fingerprint density at radius 3 is 2.42 bits per heavy atom. The number of aromatic nitrogens is 1. The van der Waals surface area contributed by atoms with E-state index in [4.69, 9.17) is 0 Å². The third-order valence-corrected chi connectivity index (χ3v) is 2.98. The first-order valence-corrected chi connectivity index (χ1v) is 6.13. The van der Waals surface area contributed by atoms with Crippen molar-refractivity contribution in [1.29, 1.82) is 5.26 Å². The Labute approximate surface area is 112 Å². The van der Waals surface area contributed by atoms with Crippen LogP contribution in [0.3, 0.4) is 0 Å². The number of hydrogen-bond donors (Lipinski definition) is 0. The maximum absolute atomic E-state index is 12.2. The number of aryl methyl sites for hydroxylation is 1. The van der Waals surface area contributed by atoms with Gasteiger partial charge in [-0.3, -0.25) is 4.79 Å². The van der Waals surface area contributed by atoms with Gasteiger partial charge in [-0.05, 0) is 18.1 Å². The van der Waals surface area contributed by atoms with Crippen molar-refractivity contribution in [2.75, 3.05) is 0 Å². The molecule has 1 unspecified atom stereocenters. The Balaban J connectivity index is 2.14. The van der Waals surface area contributed by atoms with E-state index < -0.39 is 5.92 Å². The number of nitrogens with zero attached hydrogens (tertiary/aromatic N) is 2. The smallest absolute Gasteiger partial charge is 0.218 e. The van der Waals surface area contributed by atoms with Gasteiger partial charge in [0.15, 0.2) is 12.4 Å². The Hall–Kier alpha value is -2.47. The van der Waals surface area contributed by atoms with Crippen molar-refractivity contribution >= 4 is 5.78 Å². The van der Waals surface area contributed by atoms with Gasteiger partial charge in [-0.2, -0.15) is 9.83 Å². The lowest BCUT2D eigenvalue weighted by molar-refractivity contribution is -0.684. The number of hydrogen-bond acceptors (Lipinski definition) is 2. The molecule has 1 aromatic heterocycles. The van der Waals surface area contributed by atoms with Crippen molar-refractivity contribution in [3.8, 4) is 6.07 Å². The largest absolute Gasteiger partial charge is 0.291 e. The lowest BCUT2D eigenvalue weighted by Gasteiger charge is -2.06. The minimum absolute atomic E-state index is 0.0949. The molecule has 0 saturated carbocycles. The maximum Gasteiger partial charge on any atom is 0.218 e. The molecule has 3 nitrogen and oxygen atoms in total. The summed E-state index contributed by atoms with van der Waals surface area (Å²) >= 11 is 0. The number of carbonyl (C=O) groups is 1. The molecule has 1 heterocycles. The summed E-state index contributed by atoms with van der Waals surface area (Å²) in [4.78, 5) is 12.2. The molecule has 2 rings (SSSR count). The van der Waals surface area contributed by atoms with E-state index in [9.17, 15) is 10.1 Å². The van der Waals surface area contributed by atoms with Gasteiger partial charge in [-0.15, -0.1) is 0 Å². The van der Waals surface area contributed by atoms with E-state index in [1.54, 1.807) is 4.57 Å². The minimum Gasteiger partial charge on any atom is -0.291 e. The summed E-state index contributed by atoms with van der Waals surface area (Å²) in [7, 11) is 0. The number of rotatable bonds is 4. The van der Waals surface area contributed by atoms with E-state index in [2.05, 4.69) is 6.07 Å².